The van der Waals surface area contributed by atoms with Crippen LogP contribution in [0.5, 0.6) is 0 Å². The van der Waals surface area contributed by atoms with Gasteiger partial charge in [0.2, 0.25) is 0 Å². The van der Waals surface area contributed by atoms with Crippen molar-refractivity contribution >= 4 is 0 Å². The SMILES string of the molecule is CCCc1nc(-c2cnccn2)co1. The fourth-order valence-electron chi connectivity index (χ4n) is 1.19. The first-order chi connectivity index (χ1) is 6.90. The molecule has 2 aromatic heterocycles. The van der Waals surface area contributed by atoms with Crippen molar-refractivity contribution in [3.05, 3.63) is 30.7 Å². The number of rotatable bonds is 3. The molecule has 0 saturated heterocycles. The molecule has 4 heteroatoms. The minimum atomic E-state index is 0.749. The summed E-state index contributed by atoms with van der Waals surface area (Å²) in [5, 5.41) is 0. The number of aromatic nitrogens is 3. The van der Waals surface area contributed by atoms with Crippen molar-refractivity contribution in [1.82, 2.24) is 15.0 Å². The van der Waals surface area contributed by atoms with Crippen LogP contribution in [0.1, 0.15) is 19.2 Å². The van der Waals surface area contributed by atoms with Crippen LogP contribution in [0.25, 0.3) is 11.4 Å². The average molecular weight is 189 g/mol. The van der Waals surface area contributed by atoms with Crippen LogP contribution in [0.2, 0.25) is 0 Å². The smallest absolute Gasteiger partial charge is 0.194 e. The first kappa shape index (κ1) is 8.87. The maximum atomic E-state index is 5.28. The standard InChI is InChI=1S/C10H11N3O/c1-2-3-10-13-9(7-14-10)8-6-11-4-5-12-8/h4-7H,2-3H2,1H3. The van der Waals surface area contributed by atoms with E-state index in [0.29, 0.717) is 0 Å². The zero-order chi connectivity index (χ0) is 9.80. The van der Waals surface area contributed by atoms with Gasteiger partial charge < -0.3 is 4.42 Å². The largest absolute Gasteiger partial charge is 0.448 e. The van der Waals surface area contributed by atoms with Gasteiger partial charge in [0.1, 0.15) is 17.7 Å². The Kier molecular flexibility index (Phi) is 2.53. The van der Waals surface area contributed by atoms with Crippen molar-refractivity contribution in [3.63, 3.8) is 0 Å². The van der Waals surface area contributed by atoms with Crippen molar-refractivity contribution in [1.29, 1.82) is 0 Å². The molecule has 72 valence electrons. The lowest BCUT2D eigenvalue weighted by molar-refractivity contribution is 0.491. The van der Waals surface area contributed by atoms with Gasteiger partial charge in [-0.15, -0.1) is 0 Å². The highest BCUT2D eigenvalue weighted by Crippen LogP contribution is 2.14. The highest BCUT2D eigenvalue weighted by atomic mass is 16.3. The van der Waals surface area contributed by atoms with E-state index in [1.165, 1.54) is 0 Å². The molecule has 2 rings (SSSR count). The first-order valence-electron chi connectivity index (χ1n) is 4.61. The van der Waals surface area contributed by atoms with Gasteiger partial charge in [-0.2, -0.15) is 0 Å². The summed E-state index contributed by atoms with van der Waals surface area (Å²) in [6.45, 7) is 2.09. The van der Waals surface area contributed by atoms with Crippen LogP contribution in [0, 0.1) is 0 Å². The van der Waals surface area contributed by atoms with Gasteiger partial charge in [0, 0.05) is 18.8 Å². The molecule has 0 saturated carbocycles. The fraction of sp³-hybridized carbons (Fsp3) is 0.300. The molecule has 0 radical (unpaired) electrons. The van der Waals surface area contributed by atoms with Gasteiger partial charge >= 0.3 is 0 Å². The van der Waals surface area contributed by atoms with E-state index < -0.39 is 0 Å². The number of nitrogens with zero attached hydrogens (tertiary/aromatic N) is 3. The minimum absolute atomic E-state index is 0.749. The summed E-state index contributed by atoms with van der Waals surface area (Å²) < 4.78 is 5.28. The Labute approximate surface area is 82.0 Å². The van der Waals surface area contributed by atoms with Gasteiger partial charge in [0.15, 0.2) is 5.89 Å². The second-order valence-corrected chi connectivity index (χ2v) is 2.97. The molecule has 2 heterocycles. The Morgan fingerprint density at radius 1 is 1.29 bits per heavy atom. The molecule has 0 aliphatic carbocycles. The van der Waals surface area contributed by atoms with E-state index in [1.54, 1.807) is 24.9 Å². The van der Waals surface area contributed by atoms with E-state index >= 15 is 0 Å². The maximum absolute atomic E-state index is 5.28. The molecule has 0 fully saturated rings. The second kappa shape index (κ2) is 4.00. The predicted octanol–water partition coefficient (Wildman–Crippen LogP) is 2.08. The highest BCUT2D eigenvalue weighted by Gasteiger charge is 2.05. The Morgan fingerprint density at radius 2 is 2.21 bits per heavy atom. The quantitative estimate of drug-likeness (QED) is 0.741. The Morgan fingerprint density at radius 3 is 2.93 bits per heavy atom. The van der Waals surface area contributed by atoms with Crippen molar-refractivity contribution in [2.45, 2.75) is 19.8 Å². The molecule has 0 N–H and O–H groups in total. The zero-order valence-electron chi connectivity index (χ0n) is 7.97. The van der Waals surface area contributed by atoms with E-state index in [1.807, 2.05) is 0 Å². The molecule has 0 aliphatic heterocycles. The maximum Gasteiger partial charge on any atom is 0.194 e. The molecule has 0 aliphatic rings. The van der Waals surface area contributed by atoms with Crippen LogP contribution in [0.15, 0.2) is 29.3 Å². The second-order valence-electron chi connectivity index (χ2n) is 2.97. The van der Waals surface area contributed by atoms with Crippen LogP contribution in [-0.4, -0.2) is 15.0 Å². The zero-order valence-corrected chi connectivity index (χ0v) is 7.97. The third kappa shape index (κ3) is 1.79. The predicted molar refractivity (Wildman–Crippen MR) is 51.5 cm³/mol. The topological polar surface area (TPSA) is 51.8 Å². The summed E-state index contributed by atoms with van der Waals surface area (Å²) in [7, 11) is 0. The number of hydrogen-bond acceptors (Lipinski definition) is 4. The summed E-state index contributed by atoms with van der Waals surface area (Å²) in [5.41, 5.74) is 1.50. The molecule has 0 amide bonds. The van der Waals surface area contributed by atoms with Crippen LogP contribution in [-0.2, 0) is 6.42 Å². The van der Waals surface area contributed by atoms with Crippen molar-refractivity contribution < 1.29 is 4.42 Å². The molecule has 0 unspecified atom stereocenters. The van der Waals surface area contributed by atoms with Gasteiger partial charge in [0.05, 0.1) is 6.20 Å². The lowest BCUT2D eigenvalue weighted by Gasteiger charge is -1.90. The van der Waals surface area contributed by atoms with Gasteiger partial charge in [-0.05, 0) is 6.42 Å². The summed E-state index contributed by atoms with van der Waals surface area (Å²) in [6, 6.07) is 0. The summed E-state index contributed by atoms with van der Waals surface area (Å²) in [5.74, 6) is 0.758. The Balaban J connectivity index is 2.25. The van der Waals surface area contributed by atoms with Gasteiger partial charge in [0.25, 0.3) is 0 Å². The minimum Gasteiger partial charge on any atom is -0.448 e. The molecule has 0 bridgehead atoms. The van der Waals surface area contributed by atoms with E-state index in [9.17, 15) is 0 Å². The van der Waals surface area contributed by atoms with E-state index in [2.05, 4.69) is 21.9 Å². The molecule has 2 aromatic rings. The lowest BCUT2D eigenvalue weighted by atomic mass is 10.3. The fourth-order valence-corrected chi connectivity index (χ4v) is 1.19. The molecular formula is C10H11N3O. The van der Waals surface area contributed by atoms with Crippen molar-refractivity contribution in [2.75, 3.05) is 0 Å². The van der Waals surface area contributed by atoms with Gasteiger partial charge in [-0.1, -0.05) is 6.92 Å². The molecule has 4 nitrogen and oxygen atoms in total. The van der Waals surface area contributed by atoms with Crippen LogP contribution >= 0.6 is 0 Å². The van der Waals surface area contributed by atoms with E-state index in [4.69, 9.17) is 4.42 Å². The number of hydrogen-bond donors (Lipinski definition) is 0. The average Bonchev–Trinajstić information content (AvgIpc) is 2.68. The summed E-state index contributed by atoms with van der Waals surface area (Å²) in [6.07, 6.45) is 8.46. The third-order valence-corrected chi connectivity index (χ3v) is 1.84. The Hall–Kier alpha value is -1.71. The normalized spacial score (nSPS) is 10.4. The lowest BCUT2D eigenvalue weighted by Crippen LogP contribution is -1.86. The number of aryl methyl sites for hydroxylation is 1. The molecular weight excluding hydrogens is 178 g/mol. The number of oxazole rings is 1. The summed E-state index contributed by atoms with van der Waals surface area (Å²) >= 11 is 0. The van der Waals surface area contributed by atoms with E-state index in [0.717, 1.165) is 30.1 Å². The van der Waals surface area contributed by atoms with Crippen molar-refractivity contribution in [3.8, 4) is 11.4 Å². The van der Waals surface area contributed by atoms with E-state index in [-0.39, 0.29) is 0 Å². The molecule has 0 aromatic carbocycles. The monoisotopic (exact) mass is 189 g/mol. The third-order valence-electron chi connectivity index (χ3n) is 1.84. The molecule has 0 spiro atoms. The molecule has 0 atom stereocenters. The van der Waals surface area contributed by atoms with Crippen LogP contribution in [0.4, 0.5) is 0 Å². The van der Waals surface area contributed by atoms with Crippen LogP contribution < -0.4 is 0 Å². The first-order valence-corrected chi connectivity index (χ1v) is 4.61. The highest BCUT2D eigenvalue weighted by molar-refractivity contribution is 5.50. The Bertz CT molecular complexity index is 397. The van der Waals surface area contributed by atoms with Crippen molar-refractivity contribution in [2.24, 2.45) is 0 Å². The molecule has 14 heavy (non-hydrogen) atoms. The van der Waals surface area contributed by atoms with Gasteiger partial charge in [-0.25, -0.2) is 4.98 Å². The van der Waals surface area contributed by atoms with Gasteiger partial charge in [-0.3, -0.25) is 9.97 Å². The van der Waals surface area contributed by atoms with Crippen LogP contribution in [0.3, 0.4) is 0 Å². The summed E-state index contributed by atoms with van der Waals surface area (Å²) in [4.78, 5) is 12.4.